The Balaban J connectivity index is 3.03. The molecule has 0 spiro atoms. The maximum absolute atomic E-state index is 9.22. The fourth-order valence-corrected chi connectivity index (χ4v) is 2.29. The van der Waals surface area contributed by atoms with Crippen molar-refractivity contribution >= 4 is 0 Å². The molecule has 1 unspecified atom stereocenters. The Bertz CT molecular complexity index is 159. The SMILES string of the molecule is CCCCCCCCCCCCCC(C)N(C)O. The first-order valence-electron chi connectivity index (χ1n) is 8.10. The monoisotopic (exact) mass is 257 g/mol. The van der Waals surface area contributed by atoms with Crippen molar-refractivity contribution in [3.63, 3.8) is 0 Å². The Morgan fingerprint density at radius 2 is 1.17 bits per heavy atom. The molecule has 0 rings (SSSR count). The van der Waals surface area contributed by atoms with E-state index in [0.717, 1.165) is 6.42 Å². The van der Waals surface area contributed by atoms with Gasteiger partial charge in [0.05, 0.1) is 0 Å². The van der Waals surface area contributed by atoms with Crippen LogP contribution in [0.2, 0.25) is 0 Å². The van der Waals surface area contributed by atoms with E-state index in [-0.39, 0.29) is 0 Å². The van der Waals surface area contributed by atoms with Crippen LogP contribution >= 0.6 is 0 Å². The summed E-state index contributed by atoms with van der Waals surface area (Å²) in [5.41, 5.74) is 0. The van der Waals surface area contributed by atoms with E-state index < -0.39 is 0 Å². The van der Waals surface area contributed by atoms with Gasteiger partial charge in [-0.05, 0) is 13.3 Å². The summed E-state index contributed by atoms with van der Waals surface area (Å²) in [6.45, 7) is 4.35. The number of rotatable bonds is 13. The highest BCUT2D eigenvalue weighted by Gasteiger charge is 2.04. The van der Waals surface area contributed by atoms with Crippen LogP contribution in [0, 0.1) is 0 Å². The molecule has 0 saturated carbocycles. The third kappa shape index (κ3) is 12.4. The molecule has 0 aromatic carbocycles. The minimum absolute atomic E-state index is 0.309. The molecular formula is C16H35NO. The van der Waals surface area contributed by atoms with Gasteiger partial charge in [-0.1, -0.05) is 77.6 Å². The van der Waals surface area contributed by atoms with Gasteiger partial charge in [-0.3, -0.25) is 0 Å². The molecule has 0 amide bonds. The van der Waals surface area contributed by atoms with Crippen molar-refractivity contribution in [3.8, 4) is 0 Å². The summed E-state index contributed by atoms with van der Waals surface area (Å²) in [5.74, 6) is 0. The van der Waals surface area contributed by atoms with Crippen LogP contribution in [-0.2, 0) is 0 Å². The van der Waals surface area contributed by atoms with E-state index in [1.54, 1.807) is 7.05 Å². The summed E-state index contributed by atoms with van der Waals surface area (Å²) in [5, 5.41) is 10.5. The third-order valence-corrected chi connectivity index (χ3v) is 3.86. The van der Waals surface area contributed by atoms with Crippen LogP contribution in [0.1, 0.15) is 90.9 Å². The molecule has 0 fully saturated rings. The highest BCUT2D eigenvalue weighted by molar-refractivity contribution is 4.56. The van der Waals surface area contributed by atoms with Crippen LogP contribution in [0.5, 0.6) is 0 Å². The van der Waals surface area contributed by atoms with Crippen molar-refractivity contribution < 1.29 is 5.21 Å². The van der Waals surface area contributed by atoms with Gasteiger partial charge in [-0.15, -0.1) is 0 Å². The predicted octanol–water partition coefficient (Wildman–Crippen LogP) is 5.40. The maximum Gasteiger partial charge on any atom is 0.0318 e. The van der Waals surface area contributed by atoms with E-state index in [1.165, 1.54) is 75.7 Å². The van der Waals surface area contributed by atoms with E-state index in [4.69, 9.17) is 0 Å². The number of nitrogens with zero attached hydrogens (tertiary/aromatic N) is 1. The first-order chi connectivity index (χ1) is 8.68. The minimum atomic E-state index is 0.309. The average Bonchev–Trinajstić information content (AvgIpc) is 2.35. The van der Waals surface area contributed by atoms with Gasteiger partial charge in [-0.2, -0.15) is 5.06 Å². The quantitative estimate of drug-likeness (QED) is 0.353. The molecule has 18 heavy (non-hydrogen) atoms. The van der Waals surface area contributed by atoms with Crippen LogP contribution in [-0.4, -0.2) is 23.4 Å². The number of unbranched alkanes of at least 4 members (excludes halogenated alkanes) is 10. The topological polar surface area (TPSA) is 23.5 Å². The van der Waals surface area contributed by atoms with Crippen LogP contribution < -0.4 is 0 Å². The van der Waals surface area contributed by atoms with Gasteiger partial charge >= 0.3 is 0 Å². The second-order valence-corrected chi connectivity index (χ2v) is 5.75. The first kappa shape index (κ1) is 17.9. The number of hydroxylamine groups is 2. The molecule has 2 heteroatoms. The Morgan fingerprint density at radius 3 is 1.56 bits per heavy atom. The zero-order valence-corrected chi connectivity index (χ0v) is 13.0. The van der Waals surface area contributed by atoms with E-state index in [9.17, 15) is 5.21 Å². The molecule has 0 heterocycles. The molecule has 0 aromatic heterocycles. The first-order valence-corrected chi connectivity index (χ1v) is 8.10. The highest BCUT2D eigenvalue weighted by Crippen LogP contribution is 2.13. The van der Waals surface area contributed by atoms with Crippen molar-refractivity contribution in [2.75, 3.05) is 7.05 Å². The molecule has 110 valence electrons. The van der Waals surface area contributed by atoms with Crippen molar-refractivity contribution in [1.82, 2.24) is 5.06 Å². The lowest BCUT2D eigenvalue weighted by Crippen LogP contribution is -2.24. The molecule has 0 radical (unpaired) electrons. The summed E-state index contributed by atoms with van der Waals surface area (Å²) in [6.07, 6.45) is 16.4. The Kier molecular flexibility index (Phi) is 13.3. The zero-order valence-electron chi connectivity index (χ0n) is 13.0. The van der Waals surface area contributed by atoms with Gasteiger partial charge < -0.3 is 5.21 Å². The van der Waals surface area contributed by atoms with Crippen molar-refractivity contribution in [3.05, 3.63) is 0 Å². The second kappa shape index (κ2) is 13.4. The number of hydrogen-bond donors (Lipinski definition) is 1. The lowest BCUT2D eigenvalue weighted by Gasteiger charge is -2.17. The summed E-state index contributed by atoms with van der Waals surface area (Å²) < 4.78 is 0. The van der Waals surface area contributed by atoms with Gasteiger partial charge in [0, 0.05) is 13.1 Å². The zero-order chi connectivity index (χ0) is 13.6. The molecule has 1 atom stereocenters. The predicted molar refractivity (Wildman–Crippen MR) is 80.1 cm³/mol. The maximum atomic E-state index is 9.22. The van der Waals surface area contributed by atoms with Crippen LogP contribution in [0.15, 0.2) is 0 Å². The van der Waals surface area contributed by atoms with E-state index in [1.807, 2.05) is 0 Å². The fraction of sp³-hybridized carbons (Fsp3) is 1.00. The van der Waals surface area contributed by atoms with Crippen LogP contribution in [0.25, 0.3) is 0 Å². The average molecular weight is 257 g/mol. The summed E-state index contributed by atoms with van der Waals surface area (Å²) in [4.78, 5) is 0. The number of hydrogen-bond acceptors (Lipinski definition) is 2. The molecule has 0 aliphatic heterocycles. The van der Waals surface area contributed by atoms with Gasteiger partial charge in [0.2, 0.25) is 0 Å². The van der Waals surface area contributed by atoms with Crippen LogP contribution in [0.4, 0.5) is 0 Å². The van der Waals surface area contributed by atoms with Crippen LogP contribution in [0.3, 0.4) is 0 Å². The standard InChI is InChI=1S/C16H35NO/c1-4-5-6-7-8-9-10-11-12-13-14-15-16(2)17(3)18/h16,18H,4-15H2,1-3H3. The molecular weight excluding hydrogens is 222 g/mol. The van der Waals surface area contributed by atoms with Crippen molar-refractivity contribution in [1.29, 1.82) is 0 Å². The lowest BCUT2D eigenvalue weighted by atomic mass is 10.0. The second-order valence-electron chi connectivity index (χ2n) is 5.75. The molecule has 0 saturated heterocycles. The smallest absolute Gasteiger partial charge is 0.0318 e. The van der Waals surface area contributed by atoms with Gasteiger partial charge in [-0.25, -0.2) is 0 Å². The molecule has 2 nitrogen and oxygen atoms in total. The highest BCUT2D eigenvalue weighted by atomic mass is 16.5. The van der Waals surface area contributed by atoms with E-state index in [0.29, 0.717) is 6.04 Å². The summed E-state index contributed by atoms with van der Waals surface area (Å²) in [6, 6.07) is 0.309. The Morgan fingerprint density at radius 1 is 0.778 bits per heavy atom. The van der Waals surface area contributed by atoms with E-state index >= 15 is 0 Å². The fourth-order valence-electron chi connectivity index (χ4n) is 2.29. The minimum Gasteiger partial charge on any atom is -0.314 e. The van der Waals surface area contributed by atoms with Gasteiger partial charge in [0.25, 0.3) is 0 Å². The van der Waals surface area contributed by atoms with Gasteiger partial charge in [0.1, 0.15) is 0 Å². The normalized spacial score (nSPS) is 13.2. The van der Waals surface area contributed by atoms with Crippen molar-refractivity contribution in [2.45, 2.75) is 96.9 Å². The molecule has 0 aromatic rings. The summed E-state index contributed by atoms with van der Waals surface area (Å²) in [7, 11) is 1.74. The van der Waals surface area contributed by atoms with Gasteiger partial charge in [0.15, 0.2) is 0 Å². The molecule has 1 N–H and O–H groups in total. The molecule has 0 bridgehead atoms. The largest absolute Gasteiger partial charge is 0.314 e. The Hall–Kier alpha value is -0.0800. The lowest BCUT2D eigenvalue weighted by molar-refractivity contribution is -0.0990. The molecule has 0 aliphatic rings. The van der Waals surface area contributed by atoms with E-state index in [2.05, 4.69) is 13.8 Å². The van der Waals surface area contributed by atoms with Crippen molar-refractivity contribution in [2.24, 2.45) is 0 Å². The Labute approximate surface area is 115 Å². The summed E-state index contributed by atoms with van der Waals surface area (Å²) >= 11 is 0. The molecule has 0 aliphatic carbocycles. The third-order valence-electron chi connectivity index (χ3n) is 3.86.